The highest BCUT2D eigenvalue weighted by molar-refractivity contribution is 7.80. The Labute approximate surface area is 160 Å². The maximum absolute atomic E-state index is 5.37. The maximum atomic E-state index is 5.37. The second kappa shape index (κ2) is 11.0. The first-order chi connectivity index (χ1) is 12.6. The van der Waals surface area contributed by atoms with Crippen LogP contribution in [0.2, 0.25) is 0 Å². The Bertz CT molecular complexity index is 597. The maximum Gasteiger partial charge on any atom is 0.229 e. The van der Waals surface area contributed by atoms with Gasteiger partial charge in [-0.05, 0) is 45.5 Å². The number of hydrogen-bond donors (Lipinski definition) is 3. The molecule has 0 amide bonds. The molecule has 0 radical (unpaired) electrons. The molecule has 2 rings (SSSR count). The van der Waals surface area contributed by atoms with Gasteiger partial charge in [0.15, 0.2) is 5.11 Å². The normalized spacial score (nSPS) is 15.6. The van der Waals surface area contributed by atoms with E-state index in [1.807, 2.05) is 26.8 Å². The predicted octanol–water partition coefficient (Wildman–Crippen LogP) is 1.07. The topological polar surface area (TPSA) is 86.7 Å². The van der Waals surface area contributed by atoms with Crippen LogP contribution >= 0.6 is 12.2 Å². The van der Waals surface area contributed by atoms with Crippen molar-refractivity contribution < 1.29 is 4.74 Å². The monoisotopic (exact) mass is 379 g/mol. The molecule has 0 spiro atoms. The molecule has 1 aromatic heterocycles. The smallest absolute Gasteiger partial charge is 0.229 e. The molecule has 1 saturated heterocycles. The number of aliphatic imine (C=N–C) groups is 1. The quantitative estimate of drug-likeness (QED) is 0.293. The van der Waals surface area contributed by atoms with Gasteiger partial charge in [0.1, 0.15) is 0 Å². The van der Waals surface area contributed by atoms with Crippen molar-refractivity contribution in [3.63, 3.8) is 0 Å². The van der Waals surface area contributed by atoms with Crippen molar-refractivity contribution in [2.75, 3.05) is 51.3 Å². The number of nitrogens with zero attached hydrogens (tertiary/aromatic N) is 4. The van der Waals surface area contributed by atoms with E-state index >= 15 is 0 Å². The number of rotatable bonds is 6. The Morgan fingerprint density at radius 3 is 2.62 bits per heavy atom. The van der Waals surface area contributed by atoms with Crippen molar-refractivity contribution in [1.29, 1.82) is 0 Å². The summed E-state index contributed by atoms with van der Waals surface area (Å²) >= 11 is 5.27. The molecular formula is C17H29N7OS. The SMILES string of the molecule is CCNC(=S)NC(=NCCCN1CCOCC1)Nc1nc(C)cc(C)n1. The fourth-order valence-electron chi connectivity index (χ4n) is 2.62. The zero-order valence-electron chi connectivity index (χ0n) is 15.8. The van der Waals surface area contributed by atoms with Gasteiger partial charge >= 0.3 is 0 Å². The molecule has 144 valence electrons. The Balaban J connectivity index is 1.93. The summed E-state index contributed by atoms with van der Waals surface area (Å²) in [4.78, 5) is 15.8. The summed E-state index contributed by atoms with van der Waals surface area (Å²) < 4.78 is 5.37. The lowest BCUT2D eigenvalue weighted by Crippen LogP contribution is -2.43. The third kappa shape index (κ3) is 7.59. The largest absolute Gasteiger partial charge is 0.379 e. The molecule has 0 saturated carbocycles. The lowest BCUT2D eigenvalue weighted by molar-refractivity contribution is 0.0377. The molecule has 3 N–H and O–H groups in total. The van der Waals surface area contributed by atoms with Crippen molar-refractivity contribution in [2.24, 2.45) is 4.99 Å². The highest BCUT2D eigenvalue weighted by Gasteiger charge is 2.10. The molecule has 9 heteroatoms. The summed E-state index contributed by atoms with van der Waals surface area (Å²) in [6.07, 6.45) is 0.967. The van der Waals surface area contributed by atoms with E-state index in [0.29, 0.717) is 23.6 Å². The van der Waals surface area contributed by atoms with E-state index in [1.54, 1.807) is 0 Å². The number of anilines is 1. The van der Waals surface area contributed by atoms with Crippen molar-refractivity contribution in [1.82, 2.24) is 25.5 Å². The lowest BCUT2D eigenvalue weighted by atomic mass is 10.3. The molecule has 1 fully saturated rings. The Morgan fingerprint density at radius 2 is 1.96 bits per heavy atom. The number of morpholine rings is 1. The van der Waals surface area contributed by atoms with Gasteiger partial charge < -0.3 is 15.4 Å². The molecule has 0 unspecified atom stereocenters. The molecule has 0 aliphatic carbocycles. The van der Waals surface area contributed by atoms with Crippen LogP contribution in [0.1, 0.15) is 24.7 Å². The van der Waals surface area contributed by atoms with E-state index in [-0.39, 0.29) is 0 Å². The van der Waals surface area contributed by atoms with E-state index in [2.05, 4.69) is 35.8 Å². The number of guanidine groups is 1. The Kier molecular flexibility index (Phi) is 8.66. The number of hydrogen-bond acceptors (Lipinski definition) is 6. The third-order valence-electron chi connectivity index (χ3n) is 3.79. The van der Waals surface area contributed by atoms with E-state index in [4.69, 9.17) is 17.0 Å². The summed E-state index contributed by atoms with van der Waals surface area (Å²) in [5.41, 5.74) is 1.81. The van der Waals surface area contributed by atoms with Crippen molar-refractivity contribution in [3.05, 3.63) is 17.5 Å². The highest BCUT2D eigenvalue weighted by Crippen LogP contribution is 2.04. The molecule has 1 aliphatic heterocycles. The minimum Gasteiger partial charge on any atom is -0.379 e. The number of aryl methyl sites for hydroxylation is 2. The fraction of sp³-hybridized carbons (Fsp3) is 0.647. The van der Waals surface area contributed by atoms with Gasteiger partial charge in [0.2, 0.25) is 11.9 Å². The predicted molar refractivity (Wildman–Crippen MR) is 109 cm³/mol. The van der Waals surface area contributed by atoms with Crippen LogP contribution in [0.4, 0.5) is 5.95 Å². The van der Waals surface area contributed by atoms with Crippen molar-refractivity contribution in [3.8, 4) is 0 Å². The molecule has 2 heterocycles. The summed E-state index contributed by atoms with van der Waals surface area (Å²) in [5, 5.41) is 9.82. The van der Waals surface area contributed by atoms with Crippen LogP contribution in [0.5, 0.6) is 0 Å². The van der Waals surface area contributed by atoms with Crippen molar-refractivity contribution >= 4 is 29.2 Å². The summed E-state index contributed by atoms with van der Waals surface area (Å²) in [6.45, 7) is 11.9. The van der Waals surface area contributed by atoms with Crippen LogP contribution in [-0.2, 0) is 4.74 Å². The molecule has 1 aromatic rings. The van der Waals surface area contributed by atoms with Gasteiger partial charge in [0.25, 0.3) is 0 Å². The number of thiocarbonyl (C=S) groups is 1. The fourth-order valence-corrected chi connectivity index (χ4v) is 2.86. The van der Waals surface area contributed by atoms with Crippen molar-refractivity contribution in [2.45, 2.75) is 27.2 Å². The third-order valence-corrected chi connectivity index (χ3v) is 4.03. The van der Waals surface area contributed by atoms with E-state index in [0.717, 1.165) is 57.2 Å². The molecule has 26 heavy (non-hydrogen) atoms. The van der Waals surface area contributed by atoms with Gasteiger partial charge in [-0.25, -0.2) is 9.97 Å². The van der Waals surface area contributed by atoms with Gasteiger partial charge in [0.05, 0.1) is 13.2 Å². The zero-order valence-corrected chi connectivity index (χ0v) is 16.7. The van der Waals surface area contributed by atoms with Gasteiger partial charge in [-0.3, -0.25) is 15.2 Å². The average molecular weight is 380 g/mol. The van der Waals surface area contributed by atoms with Crippen LogP contribution in [0.25, 0.3) is 0 Å². The molecule has 8 nitrogen and oxygen atoms in total. The lowest BCUT2D eigenvalue weighted by Gasteiger charge is -2.26. The Hall–Kier alpha value is -1.84. The van der Waals surface area contributed by atoms with Crippen LogP contribution in [0.3, 0.4) is 0 Å². The van der Waals surface area contributed by atoms with E-state index < -0.39 is 0 Å². The zero-order chi connectivity index (χ0) is 18.8. The van der Waals surface area contributed by atoms with Gasteiger partial charge in [-0.1, -0.05) is 0 Å². The number of aromatic nitrogens is 2. The summed E-state index contributed by atoms with van der Waals surface area (Å²) in [7, 11) is 0. The molecular weight excluding hydrogens is 350 g/mol. The minimum atomic E-state index is 0.515. The number of nitrogens with one attached hydrogen (secondary N) is 3. The molecule has 1 aliphatic rings. The molecule has 0 aromatic carbocycles. The van der Waals surface area contributed by atoms with Crippen LogP contribution in [-0.4, -0.2) is 71.9 Å². The first-order valence-corrected chi connectivity index (χ1v) is 9.46. The van der Waals surface area contributed by atoms with Crippen LogP contribution in [0, 0.1) is 13.8 Å². The van der Waals surface area contributed by atoms with E-state index in [1.165, 1.54) is 0 Å². The van der Waals surface area contributed by atoms with Crippen LogP contribution < -0.4 is 16.0 Å². The minimum absolute atomic E-state index is 0.515. The average Bonchev–Trinajstić information content (AvgIpc) is 2.59. The number of ether oxygens (including phenoxy) is 1. The van der Waals surface area contributed by atoms with E-state index in [9.17, 15) is 0 Å². The summed E-state index contributed by atoms with van der Waals surface area (Å²) in [5.74, 6) is 1.07. The molecule has 0 atom stereocenters. The first kappa shape index (κ1) is 20.5. The second-order valence-corrected chi connectivity index (χ2v) is 6.53. The second-order valence-electron chi connectivity index (χ2n) is 6.12. The highest BCUT2D eigenvalue weighted by atomic mass is 32.1. The van der Waals surface area contributed by atoms with Crippen LogP contribution in [0.15, 0.2) is 11.1 Å². The standard InChI is InChI=1S/C17H29N7OS/c1-4-18-17(26)23-15(22-16-20-13(2)12-14(3)21-16)19-6-5-7-24-8-10-25-11-9-24/h12H,4-11H2,1-3H3,(H3,18,19,20,21,22,23,26). The summed E-state index contributed by atoms with van der Waals surface area (Å²) in [6, 6.07) is 1.93. The van der Waals surface area contributed by atoms with Gasteiger partial charge in [-0.2, -0.15) is 0 Å². The molecule has 0 bridgehead atoms. The Morgan fingerprint density at radius 1 is 1.27 bits per heavy atom. The van der Waals surface area contributed by atoms with Gasteiger partial charge in [-0.15, -0.1) is 0 Å². The van der Waals surface area contributed by atoms with Gasteiger partial charge in [0, 0.05) is 44.1 Å². The first-order valence-electron chi connectivity index (χ1n) is 9.05.